The molecule has 4 heteroatoms. The molecule has 0 aliphatic heterocycles. The Bertz CT molecular complexity index is 365. The van der Waals surface area contributed by atoms with Gasteiger partial charge in [0.25, 0.3) is 0 Å². The number of unbranched alkanes of at least 4 members (excludes halogenated alkanes) is 4. The number of ether oxygens (including phenoxy) is 1. The van der Waals surface area contributed by atoms with Crippen molar-refractivity contribution in [2.75, 3.05) is 18.6 Å². The average molecular weight is 281 g/mol. The van der Waals surface area contributed by atoms with Gasteiger partial charge in [0.2, 0.25) is 5.65 Å². The highest BCUT2D eigenvalue weighted by Gasteiger charge is 2.02. The molecular formula is C15H24NO2P. The first-order valence-corrected chi connectivity index (χ1v) is 8.16. The first kappa shape index (κ1) is 16.0. The summed E-state index contributed by atoms with van der Waals surface area (Å²) in [4.78, 5) is 11.7. The van der Waals surface area contributed by atoms with E-state index in [1.807, 2.05) is 24.3 Å². The van der Waals surface area contributed by atoms with Crippen molar-refractivity contribution in [3.05, 3.63) is 24.3 Å². The van der Waals surface area contributed by atoms with Crippen LogP contribution in [0.4, 0.5) is 10.5 Å². The van der Waals surface area contributed by atoms with Gasteiger partial charge in [0.1, 0.15) is 5.75 Å². The summed E-state index contributed by atoms with van der Waals surface area (Å²) in [7, 11) is 1.99. The maximum absolute atomic E-state index is 11.7. The molecule has 0 spiro atoms. The lowest BCUT2D eigenvalue weighted by Crippen LogP contribution is -2.03. The van der Waals surface area contributed by atoms with Gasteiger partial charge >= 0.3 is 0 Å². The zero-order chi connectivity index (χ0) is 13.9. The van der Waals surface area contributed by atoms with E-state index in [1.54, 1.807) is 7.11 Å². The zero-order valence-corrected chi connectivity index (χ0v) is 12.9. The molecule has 0 bridgehead atoms. The Labute approximate surface area is 117 Å². The van der Waals surface area contributed by atoms with Crippen LogP contribution in [0.25, 0.3) is 0 Å². The second kappa shape index (κ2) is 9.80. The Kier molecular flexibility index (Phi) is 8.24. The van der Waals surface area contributed by atoms with Crippen LogP contribution in [0.15, 0.2) is 24.3 Å². The van der Waals surface area contributed by atoms with Gasteiger partial charge < -0.3 is 10.1 Å². The predicted octanol–water partition coefficient (Wildman–Crippen LogP) is 4.88. The monoisotopic (exact) mass is 281 g/mol. The minimum absolute atomic E-state index is 0.126. The van der Waals surface area contributed by atoms with Gasteiger partial charge in [-0.05, 0) is 45.4 Å². The van der Waals surface area contributed by atoms with E-state index in [1.165, 1.54) is 25.7 Å². The van der Waals surface area contributed by atoms with E-state index in [-0.39, 0.29) is 5.65 Å². The molecular weight excluding hydrogens is 257 g/mol. The summed E-state index contributed by atoms with van der Waals surface area (Å²) in [5, 5.41) is 2.91. The number of anilines is 1. The lowest BCUT2D eigenvalue weighted by molar-refractivity contribution is 0.269. The number of hydrogen-bond acceptors (Lipinski definition) is 2. The summed E-state index contributed by atoms with van der Waals surface area (Å²) in [6, 6.07) is 7.43. The van der Waals surface area contributed by atoms with Crippen molar-refractivity contribution >= 4 is 19.9 Å². The van der Waals surface area contributed by atoms with E-state index >= 15 is 0 Å². The van der Waals surface area contributed by atoms with Gasteiger partial charge in [-0.3, -0.25) is 4.79 Å². The SMILES string of the molecule is CCCCCCCPC(=O)Nc1ccc(OC)cc1. The molecule has 1 amide bonds. The van der Waals surface area contributed by atoms with Crippen LogP contribution < -0.4 is 10.1 Å². The van der Waals surface area contributed by atoms with E-state index in [0.717, 1.165) is 24.0 Å². The third-order valence-corrected chi connectivity index (χ3v) is 3.96. The molecule has 0 aliphatic rings. The molecule has 0 saturated carbocycles. The maximum Gasteiger partial charge on any atom is 0.242 e. The van der Waals surface area contributed by atoms with Crippen molar-refractivity contribution in [1.29, 1.82) is 0 Å². The largest absolute Gasteiger partial charge is 0.497 e. The van der Waals surface area contributed by atoms with E-state index in [9.17, 15) is 4.79 Å². The quantitative estimate of drug-likeness (QED) is 0.517. The molecule has 1 atom stereocenters. The summed E-state index contributed by atoms with van der Waals surface area (Å²) in [6.07, 6.45) is 7.28. The number of hydrogen-bond donors (Lipinski definition) is 1. The number of carbonyl (C=O) groups excluding carboxylic acids is 1. The molecule has 19 heavy (non-hydrogen) atoms. The van der Waals surface area contributed by atoms with Gasteiger partial charge in [-0.2, -0.15) is 0 Å². The first-order valence-electron chi connectivity index (χ1n) is 6.95. The number of methoxy groups -OCH3 is 1. The van der Waals surface area contributed by atoms with Crippen LogP contribution in [0.5, 0.6) is 5.75 Å². The molecule has 0 radical (unpaired) electrons. The van der Waals surface area contributed by atoms with Crippen LogP contribution in [0.3, 0.4) is 0 Å². The third-order valence-electron chi connectivity index (χ3n) is 2.91. The van der Waals surface area contributed by atoms with Crippen molar-refractivity contribution in [3.63, 3.8) is 0 Å². The molecule has 1 N–H and O–H groups in total. The zero-order valence-electron chi connectivity index (χ0n) is 11.9. The molecule has 1 unspecified atom stereocenters. The minimum Gasteiger partial charge on any atom is -0.497 e. The van der Waals surface area contributed by atoms with Gasteiger partial charge in [-0.15, -0.1) is 0 Å². The number of benzene rings is 1. The molecule has 0 aromatic heterocycles. The van der Waals surface area contributed by atoms with Crippen LogP contribution in [0.2, 0.25) is 0 Å². The molecule has 0 fully saturated rings. The van der Waals surface area contributed by atoms with Crippen molar-refractivity contribution in [3.8, 4) is 5.75 Å². The van der Waals surface area contributed by atoms with Crippen molar-refractivity contribution < 1.29 is 9.53 Å². The van der Waals surface area contributed by atoms with Crippen molar-refractivity contribution in [1.82, 2.24) is 0 Å². The predicted molar refractivity (Wildman–Crippen MR) is 84.0 cm³/mol. The normalized spacial score (nSPS) is 10.8. The Morgan fingerprint density at radius 2 is 1.84 bits per heavy atom. The van der Waals surface area contributed by atoms with E-state index in [0.29, 0.717) is 8.58 Å². The molecule has 1 aromatic rings. The van der Waals surface area contributed by atoms with Crippen LogP contribution >= 0.6 is 8.58 Å². The second-order valence-corrected chi connectivity index (χ2v) is 5.83. The highest BCUT2D eigenvalue weighted by atomic mass is 31.1. The molecule has 0 saturated heterocycles. The van der Waals surface area contributed by atoms with Gasteiger partial charge in [0, 0.05) is 5.69 Å². The second-order valence-electron chi connectivity index (χ2n) is 4.52. The standard InChI is InChI=1S/C15H24NO2P/c1-3-4-5-6-7-12-19-15(17)16-13-8-10-14(18-2)11-9-13/h8-11,19H,3-7,12H2,1-2H3,(H,16,17). The Balaban J connectivity index is 2.16. The van der Waals surface area contributed by atoms with E-state index in [2.05, 4.69) is 12.2 Å². The minimum atomic E-state index is 0.126. The number of nitrogens with one attached hydrogen (secondary N) is 1. The Morgan fingerprint density at radius 1 is 1.16 bits per heavy atom. The van der Waals surface area contributed by atoms with Crippen LogP contribution in [-0.4, -0.2) is 18.9 Å². The molecule has 0 aliphatic carbocycles. The fourth-order valence-electron chi connectivity index (χ4n) is 1.78. The van der Waals surface area contributed by atoms with Crippen LogP contribution in [0, 0.1) is 0 Å². The maximum atomic E-state index is 11.7. The molecule has 1 aromatic carbocycles. The fraction of sp³-hybridized carbons (Fsp3) is 0.533. The fourth-order valence-corrected chi connectivity index (χ4v) is 2.67. The smallest absolute Gasteiger partial charge is 0.242 e. The van der Waals surface area contributed by atoms with Crippen LogP contribution in [0.1, 0.15) is 39.0 Å². The van der Waals surface area contributed by atoms with Crippen molar-refractivity contribution in [2.24, 2.45) is 0 Å². The summed E-state index contributed by atoms with van der Waals surface area (Å²) < 4.78 is 5.07. The topological polar surface area (TPSA) is 38.3 Å². The molecule has 3 nitrogen and oxygen atoms in total. The average Bonchev–Trinajstić information content (AvgIpc) is 2.43. The highest BCUT2D eigenvalue weighted by Crippen LogP contribution is 2.20. The van der Waals surface area contributed by atoms with Gasteiger partial charge in [0.15, 0.2) is 0 Å². The Hall–Kier alpha value is -1.08. The number of rotatable bonds is 9. The summed E-state index contributed by atoms with van der Waals surface area (Å²) in [6.45, 7) is 2.21. The van der Waals surface area contributed by atoms with E-state index < -0.39 is 0 Å². The molecule has 1 rings (SSSR count). The number of carbonyl (C=O) groups is 1. The van der Waals surface area contributed by atoms with E-state index in [4.69, 9.17) is 4.74 Å². The molecule has 106 valence electrons. The van der Waals surface area contributed by atoms with Crippen molar-refractivity contribution in [2.45, 2.75) is 39.0 Å². The Morgan fingerprint density at radius 3 is 2.47 bits per heavy atom. The lowest BCUT2D eigenvalue weighted by atomic mass is 10.2. The summed E-state index contributed by atoms with van der Waals surface area (Å²) in [5.41, 5.74) is 0.963. The molecule has 0 heterocycles. The number of amides is 1. The highest BCUT2D eigenvalue weighted by molar-refractivity contribution is 7.58. The lowest BCUT2D eigenvalue weighted by Gasteiger charge is -2.06. The van der Waals surface area contributed by atoms with Crippen LogP contribution in [-0.2, 0) is 0 Å². The van der Waals surface area contributed by atoms with Gasteiger partial charge in [-0.25, -0.2) is 0 Å². The summed E-state index contributed by atoms with van der Waals surface area (Å²) in [5.74, 6) is 0.802. The van der Waals surface area contributed by atoms with Gasteiger partial charge in [0.05, 0.1) is 7.11 Å². The third kappa shape index (κ3) is 7.17. The summed E-state index contributed by atoms with van der Waals surface area (Å²) >= 11 is 0. The van der Waals surface area contributed by atoms with Gasteiger partial charge in [-0.1, -0.05) is 32.6 Å². The first-order chi connectivity index (χ1) is 9.26.